The molecule has 0 spiro atoms. The molecule has 4 aliphatic carbocycles. The molecule has 1 atom stereocenters. The zero-order valence-corrected chi connectivity index (χ0v) is 16.8. The summed E-state index contributed by atoms with van der Waals surface area (Å²) in [5.41, 5.74) is -0.0424. The summed E-state index contributed by atoms with van der Waals surface area (Å²) in [7, 11) is -3.89. The number of non-ortho nitro benzene ring substituents is 1. The minimum Gasteiger partial charge on any atom is -0.354 e. The topological polar surface area (TPSA) is 106 Å². The molecule has 152 valence electrons. The van der Waals surface area contributed by atoms with Crippen LogP contribution in [0.5, 0.6) is 0 Å². The highest BCUT2D eigenvalue weighted by Gasteiger charge is 2.51. The summed E-state index contributed by atoms with van der Waals surface area (Å²) < 4.78 is 25.5. The Morgan fingerprint density at radius 3 is 2.11 bits per heavy atom. The van der Waals surface area contributed by atoms with E-state index in [2.05, 4.69) is 5.32 Å². The van der Waals surface area contributed by atoms with E-state index in [-0.39, 0.29) is 16.0 Å². The van der Waals surface area contributed by atoms with Crippen molar-refractivity contribution in [3.05, 3.63) is 34.4 Å². The van der Waals surface area contributed by atoms with E-state index < -0.39 is 25.9 Å². The van der Waals surface area contributed by atoms with Crippen molar-refractivity contribution in [1.29, 1.82) is 0 Å². The number of hydrogen-bond donors (Lipinski definition) is 1. The number of nitro groups is 1. The molecule has 4 bridgehead atoms. The molecule has 4 fully saturated rings. The zero-order valence-electron chi connectivity index (χ0n) is 16.0. The van der Waals surface area contributed by atoms with E-state index >= 15 is 0 Å². The van der Waals surface area contributed by atoms with Crippen LogP contribution in [0.1, 0.15) is 45.4 Å². The molecule has 1 aromatic rings. The smallest absolute Gasteiger partial charge is 0.269 e. The normalized spacial score (nSPS) is 32.1. The SMILES string of the molecule is C[C@@H](C(=O)NCC12CC3CC(CC(C3)C1)C2)S(=O)(=O)c1ccc([N+](=O)[O-])cc1. The molecule has 0 heterocycles. The number of rotatable bonds is 6. The number of amides is 1. The average molecular weight is 407 g/mol. The van der Waals surface area contributed by atoms with Crippen molar-refractivity contribution < 1.29 is 18.1 Å². The van der Waals surface area contributed by atoms with Crippen molar-refractivity contribution >= 4 is 21.4 Å². The summed E-state index contributed by atoms with van der Waals surface area (Å²) >= 11 is 0. The Morgan fingerprint density at radius 1 is 1.14 bits per heavy atom. The number of carbonyl (C=O) groups excluding carboxylic acids is 1. The fraction of sp³-hybridized carbons (Fsp3) is 0.650. The molecule has 4 aliphatic rings. The molecule has 0 radical (unpaired) electrons. The number of carbonyl (C=O) groups is 1. The van der Waals surface area contributed by atoms with Gasteiger partial charge < -0.3 is 5.32 Å². The Morgan fingerprint density at radius 2 is 1.64 bits per heavy atom. The lowest BCUT2D eigenvalue weighted by molar-refractivity contribution is -0.384. The summed E-state index contributed by atoms with van der Waals surface area (Å²) in [4.78, 5) is 22.7. The van der Waals surface area contributed by atoms with Crippen LogP contribution in [0.25, 0.3) is 0 Å². The highest BCUT2D eigenvalue weighted by molar-refractivity contribution is 7.92. The Kier molecular flexibility index (Phi) is 4.72. The number of nitro benzene ring substituents is 1. The lowest BCUT2D eigenvalue weighted by atomic mass is 9.49. The van der Waals surface area contributed by atoms with E-state index in [1.807, 2.05) is 0 Å². The average Bonchev–Trinajstić information content (AvgIpc) is 2.64. The molecule has 7 nitrogen and oxygen atoms in total. The van der Waals surface area contributed by atoms with Crippen molar-refractivity contribution in [3.8, 4) is 0 Å². The van der Waals surface area contributed by atoms with Gasteiger partial charge in [0.15, 0.2) is 9.84 Å². The maximum atomic E-state index is 12.7. The van der Waals surface area contributed by atoms with Crippen LogP contribution in [0.15, 0.2) is 29.2 Å². The maximum absolute atomic E-state index is 12.7. The molecule has 5 rings (SSSR count). The van der Waals surface area contributed by atoms with Gasteiger partial charge in [-0.3, -0.25) is 14.9 Å². The molecule has 1 amide bonds. The van der Waals surface area contributed by atoms with Crippen molar-refractivity contribution in [1.82, 2.24) is 5.32 Å². The predicted molar refractivity (Wildman–Crippen MR) is 103 cm³/mol. The first-order chi connectivity index (χ1) is 13.2. The molecule has 4 saturated carbocycles. The number of nitrogens with one attached hydrogen (secondary N) is 1. The Bertz CT molecular complexity index is 858. The Balaban J connectivity index is 1.42. The summed E-state index contributed by atoms with van der Waals surface area (Å²) in [6, 6.07) is 4.67. The molecule has 0 aliphatic heterocycles. The predicted octanol–water partition coefficient (Wildman–Crippen LogP) is 3.09. The molecule has 0 unspecified atom stereocenters. The number of hydrogen-bond acceptors (Lipinski definition) is 5. The van der Waals surface area contributed by atoms with E-state index in [1.165, 1.54) is 38.3 Å². The standard InChI is InChI=1S/C20H26N2O5S/c1-13(28(26,27)18-4-2-17(3-5-18)22(24)25)19(23)21-12-20-9-14-6-15(10-20)8-16(7-14)11-20/h2-5,13-16H,6-12H2,1H3,(H,21,23)/t13-,14?,15?,16?,20?/m0/s1. The first kappa shape index (κ1) is 19.4. The highest BCUT2D eigenvalue weighted by atomic mass is 32.2. The summed E-state index contributed by atoms with van der Waals surface area (Å²) in [5, 5.41) is 12.4. The van der Waals surface area contributed by atoms with Crippen LogP contribution in [0.4, 0.5) is 5.69 Å². The van der Waals surface area contributed by atoms with Crippen LogP contribution < -0.4 is 5.32 Å². The van der Waals surface area contributed by atoms with Crippen LogP contribution in [0.3, 0.4) is 0 Å². The van der Waals surface area contributed by atoms with E-state index in [0.717, 1.165) is 49.1 Å². The van der Waals surface area contributed by atoms with Gasteiger partial charge in [-0.15, -0.1) is 0 Å². The first-order valence-electron chi connectivity index (χ1n) is 9.95. The maximum Gasteiger partial charge on any atom is 0.269 e. The molecular weight excluding hydrogens is 380 g/mol. The monoisotopic (exact) mass is 406 g/mol. The third-order valence-electron chi connectivity index (χ3n) is 7.01. The van der Waals surface area contributed by atoms with Gasteiger partial charge in [0.25, 0.3) is 5.69 Å². The van der Waals surface area contributed by atoms with Crippen LogP contribution in [0, 0.1) is 33.3 Å². The summed E-state index contributed by atoms with van der Waals surface area (Å²) in [6.45, 7) is 1.93. The number of nitrogens with zero attached hydrogens (tertiary/aromatic N) is 1. The second kappa shape index (κ2) is 6.83. The molecule has 0 aromatic heterocycles. The zero-order chi connectivity index (χ0) is 20.1. The van der Waals surface area contributed by atoms with Crippen LogP contribution >= 0.6 is 0 Å². The third kappa shape index (κ3) is 3.43. The lowest BCUT2D eigenvalue weighted by Crippen LogP contribution is -2.52. The second-order valence-electron chi connectivity index (χ2n) is 9.07. The van der Waals surface area contributed by atoms with Crippen LogP contribution in [-0.4, -0.2) is 31.0 Å². The van der Waals surface area contributed by atoms with E-state index in [0.29, 0.717) is 6.54 Å². The van der Waals surface area contributed by atoms with Gasteiger partial charge >= 0.3 is 0 Å². The fourth-order valence-corrected chi connectivity index (χ4v) is 7.32. The van der Waals surface area contributed by atoms with Crippen molar-refractivity contribution in [2.75, 3.05) is 6.54 Å². The van der Waals surface area contributed by atoms with Crippen LogP contribution in [0.2, 0.25) is 0 Å². The van der Waals surface area contributed by atoms with Gasteiger partial charge in [-0.05, 0) is 80.8 Å². The van der Waals surface area contributed by atoms with Gasteiger partial charge in [0, 0.05) is 18.7 Å². The van der Waals surface area contributed by atoms with E-state index in [4.69, 9.17) is 0 Å². The molecule has 28 heavy (non-hydrogen) atoms. The summed E-state index contributed by atoms with van der Waals surface area (Å²) in [5.74, 6) is 1.81. The number of benzene rings is 1. The lowest BCUT2D eigenvalue weighted by Gasteiger charge is -2.57. The molecule has 1 aromatic carbocycles. The van der Waals surface area contributed by atoms with Gasteiger partial charge in [0.1, 0.15) is 5.25 Å². The molecule has 0 saturated heterocycles. The van der Waals surface area contributed by atoms with Crippen LogP contribution in [-0.2, 0) is 14.6 Å². The van der Waals surface area contributed by atoms with E-state index in [9.17, 15) is 23.3 Å². The van der Waals surface area contributed by atoms with E-state index in [1.54, 1.807) is 0 Å². The third-order valence-corrected chi connectivity index (χ3v) is 9.09. The van der Waals surface area contributed by atoms with Gasteiger partial charge in [0.2, 0.25) is 5.91 Å². The van der Waals surface area contributed by atoms with Gasteiger partial charge in [-0.25, -0.2) is 8.42 Å². The van der Waals surface area contributed by atoms with Crippen molar-refractivity contribution in [2.24, 2.45) is 23.2 Å². The number of sulfone groups is 1. The van der Waals surface area contributed by atoms with Crippen molar-refractivity contribution in [3.63, 3.8) is 0 Å². The van der Waals surface area contributed by atoms with Gasteiger partial charge in [-0.2, -0.15) is 0 Å². The molecule has 1 N–H and O–H groups in total. The Hall–Kier alpha value is -1.96. The molecular formula is C20H26N2O5S. The second-order valence-corrected chi connectivity index (χ2v) is 11.3. The first-order valence-corrected chi connectivity index (χ1v) is 11.5. The minimum absolute atomic E-state index is 0.0736. The van der Waals surface area contributed by atoms with Crippen molar-refractivity contribution in [2.45, 2.75) is 55.6 Å². The largest absolute Gasteiger partial charge is 0.354 e. The van der Waals surface area contributed by atoms with Gasteiger partial charge in [0.05, 0.1) is 9.82 Å². The molecule has 8 heteroatoms. The quantitative estimate of drug-likeness (QED) is 0.577. The fourth-order valence-electron chi connectivity index (χ4n) is 6.03. The van der Waals surface area contributed by atoms with Gasteiger partial charge in [-0.1, -0.05) is 0 Å². The Labute approximate surface area is 165 Å². The highest BCUT2D eigenvalue weighted by Crippen LogP contribution is 2.59. The summed E-state index contributed by atoms with van der Waals surface area (Å²) in [6.07, 6.45) is 7.38. The minimum atomic E-state index is -3.89.